The second-order valence-electron chi connectivity index (χ2n) is 3.86. The highest BCUT2D eigenvalue weighted by atomic mass is 79.9. The van der Waals surface area contributed by atoms with Crippen LogP contribution in [0.3, 0.4) is 0 Å². The SMILES string of the molecule is CCOP(=O)(OCC)[C@](C)(O)c1cccc(Br)c1. The highest BCUT2D eigenvalue weighted by molar-refractivity contribution is 9.10. The minimum atomic E-state index is -3.63. The predicted octanol–water partition coefficient (Wildman–Crippen LogP) is 3.88. The fourth-order valence-corrected chi connectivity index (χ4v) is 3.68. The third kappa shape index (κ3) is 3.22. The number of hydrogen-bond acceptors (Lipinski definition) is 4. The van der Waals surface area contributed by atoms with E-state index in [-0.39, 0.29) is 13.2 Å². The molecule has 0 spiro atoms. The van der Waals surface area contributed by atoms with Gasteiger partial charge >= 0.3 is 7.60 Å². The summed E-state index contributed by atoms with van der Waals surface area (Å²) in [7, 11) is -3.63. The molecule has 1 rings (SSSR count). The number of aliphatic hydroxyl groups is 1. The van der Waals surface area contributed by atoms with Crippen LogP contribution in [0.4, 0.5) is 0 Å². The lowest BCUT2D eigenvalue weighted by Crippen LogP contribution is -2.24. The highest BCUT2D eigenvalue weighted by Crippen LogP contribution is 2.63. The van der Waals surface area contributed by atoms with E-state index in [9.17, 15) is 9.67 Å². The Labute approximate surface area is 116 Å². The topological polar surface area (TPSA) is 55.8 Å². The van der Waals surface area contributed by atoms with Gasteiger partial charge in [-0.15, -0.1) is 0 Å². The summed E-state index contributed by atoms with van der Waals surface area (Å²) in [6.07, 6.45) is 0. The van der Waals surface area contributed by atoms with Crippen molar-refractivity contribution >= 4 is 23.5 Å². The molecule has 0 aliphatic heterocycles. The number of rotatable bonds is 6. The molecule has 0 aliphatic rings. The van der Waals surface area contributed by atoms with E-state index in [2.05, 4.69) is 15.9 Å². The molecule has 4 nitrogen and oxygen atoms in total. The molecular formula is C12H18BrO4P. The van der Waals surface area contributed by atoms with Gasteiger partial charge in [-0.05, 0) is 38.5 Å². The van der Waals surface area contributed by atoms with E-state index in [4.69, 9.17) is 9.05 Å². The Balaban J connectivity index is 3.20. The predicted molar refractivity (Wildman–Crippen MR) is 74.6 cm³/mol. The number of benzene rings is 1. The quantitative estimate of drug-likeness (QED) is 0.801. The summed E-state index contributed by atoms with van der Waals surface area (Å²) in [4.78, 5) is 0. The third-order valence-electron chi connectivity index (χ3n) is 2.50. The summed E-state index contributed by atoms with van der Waals surface area (Å²) in [5.41, 5.74) is 0.488. The van der Waals surface area contributed by atoms with E-state index in [1.807, 2.05) is 6.07 Å². The summed E-state index contributed by atoms with van der Waals surface area (Å²) in [5, 5.41) is 8.88. The first-order valence-electron chi connectivity index (χ1n) is 5.75. The summed E-state index contributed by atoms with van der Waals surface area (Å²) in [5.74, 6) is 0. The van der Waals surface area contributed by atoms with Gasteiger partial charge in [0.2, 0.25) is 0 Å². The molecule has 6 heteroatoms. The standard InChI is InChI=1S/C12H18BrO4P/c1-4-16-18(15,17-5-2)12(3,14)10-7-6-8-11(13)9-10/h6-9,14H,4-5H2,1-3H3/t12-/m0/s1. The minimum absolute atomic E-state index is 0.210. The first kappa shape index (κ1) is 15.9. The third-order valence-corrected chi connectivity index (χ3v) is 5.52. The van der Waals surface area contributed by atoms with Crippen LogP contribution in [0.2, 0.25) is 0 Å². The Morgan fingerprint density at radius 1 is 1.33 bits per heavy atom. The zero-order valence-corrected chi connectivity index (χ0v) is 13.2. The average Bonchev–Trinajstić information content (AvgIpc) is 2.29. The van der Waals surface area contributed by atoms with Gasteiger partial charge in [-0.1, -0.05) is 28.1 Å². The van der Waals surface area contributed by atoms with Gasteiger partial charge in [-0.2, -0.15) is 0 Å². The molecule has 0 radical (unpaired) electrons. The Kier molecular flexibility index (Phi) is 5.56. The molecule has 0 unspecified atom stereocenters. The van der Waals surface area contributed by atoms with Gasteiger partial charge in [0, 0.05) is 4.47 Å². The first-order valence-corrected chi connectivity index (χ1v) is 8.08. The zero-order chi connectivity index (χ0) is 13.8. The molecule has 0 saturated heterocycles. The molecule has 1 atom stereocenters. The normalized spacial score (nSPS) is 15.4. The number of hydrogen-bond donors (Lipinski definition) is 1. The van der Waals surface area contributed by atoms with Crippen molar-refractivity contribution in [1.29, 1.82) is 0 Å². The molecule has 0 aromatic heterocycles. The van der Waals surface area contributed by atoms with Crippen molar-refractivity contribution in [1.82, 2.24) is 0 Å². The Morgan fingerprint density at radius 2 is 1.89 bits per heavy atom. The van der Waals surface area contributed by atoms with Crippen LogP contribution >= 0.6 is 23.5 Å². The molecule has 1 aromatic carbocycles. The maximum atomic E-state index is 12.6. The summed E-state index contributed by atoms with van der Waals surface area (Å²) >= 11 is 3.32. The van der Waals surface area contributed by atoms with Crippen LogP contribution < -0.4 is 0 Å². The first-order chi connectivity index (χ1) is 8.37. The largest absolute Gasteiger partial charge is 0.373 e. The molecule has 0 amide bonds. The van der Waals surface area contributed by atoms with E-state index < -0.39 is 12.9 Å². The van der Waals surface area contributed by atoms with Crippen LogP contribution in [0.5, 0.6) is 0 Å². The van der Waals surface area contributed by atoms with Crippen LogP contribution in [0.25, 0.3) is 0 Å². The summed E-state index contributed by atoms with van der Waals surface area (Å²) in [6, 6.07) is 6.97. The Hall–Kier alpha value is -0.190. The van der Waals surface area contributed by atoms with Crippen LogP contribution in [-0.4, -0.2) is 18.3 Å². The molecule has 0 heterocycles. The van der Waals surface area contributed by atoms with Crippen LogP contribution in [0, 0.1) is 0 Å². The van der Waals surface area contributed by atoms with Gasteiger partial charge in [0.1, 0.15) is 0 Å². The lowest BCUT2D eigenvalue weighted by Gasteiger charge is -2.31. The van der Waals surface area contributed by atoms with Crippen molar-refractivity contribution in [2.75, 3.05) is 13.2 Å². The van der Waals surface area contributed by atoms with Crippen LogP contribution in [0.15, 0.2) is 28.7 Å². The fourth-order valence-electron chi connectivity index (χ4n) is 1.57. The molecule has 18 heavy (non-hydrogen) atoms. The van der Waals surface area contributed by atoms with E-state index in [0.717, 1.165) is 4.47 Å². The molecule has 0 fully saturated rings. The fraction of sp³-hybridized carbons (Fsp3) is 0.500. The lowest BCUT2D eigenvalue weighted by molar-refractivity contribution is 0.0802. The van der Waals surface area contributed by atoms with Crippen molar-refractivity contribution in [3.8, 4) is 0 Å². The lowest BCUT2D eigenvalue weighted by atomic mass is 10.1. The summed E-state index contributed by atoms with van der Waals surface area (Å²) in [6.45, 7) is 5.29. The molecular weight excluding hydrogens is 319 g/mol. The van der Waals surface area contributed by atoms with Crippen LogP contribution in [-0.2, 0) is 19.0 Å². The molecule has 1 aromatic rings. The molecule has 0 aliphatic carbocycles. The maximum absolute atomic E-state index is 12.6. The van der Waals surface area contributed by atoms with Crippen molar-refractivity contribution in [2.45, 2.75) is 26.1 Å². The molecule has 0 saturated carbocycles. The van der Waals surface area contributed by atoms with E-state index in [1.54, 1.807) is 32.0 Å². The minimum Gasteiger partial charge on any atom is -0.373 e. The monoisotopic (exact) mass is 336 g/mol. The van der Waals surface area contributed by atoms with Gasteiger partial charge in [0.05, 0.1) is 13.2 Å². The highest BCUT2D eigenvalue weighted by Gasteiger charge is 2.47. The zero-order valence-electron chi connectivity index (χ0n) is 10.7. The van der Waals surface area contributed by atoms with Crippen molar-refractivity contribution < 1.29 is 18.7 Å². The molecule has 1 N–H and O–H groups in total. The van der Waals surface area contributed by atoms with Crippen LogP contribution in [0.1, 0.15) is 26.3 Å². The molecule has 0 bridgehead atoms. The smallest absolute Gasteiger partial charge is 0.366 e. The Bertz CT molecular complexity index is 437. The van der Waals surface area contributed by atoms with E-state index in [1.165, 1.54) is 6.92 Å². The maximum Gasteiger partial charge on any atom is 0.366 e. The van der Waals surface area contributed by atoms with Gasteiger partial charge in [0.15, 0.2) is 5.34 Å². The van der Waals surface area contributed by atoms with E-state index >= 15 is 0 Å². The number of halogens is 1. The molecule has 102 valence electrons. The van der Waals surface area contributed by atoms with Crippen molar-refractivity contribution in [2.24, 2.45) is 0 Å². The van der Waals surface area contributed by atoms with Gasteiger partial charge < -0.3 is 14.2 Å². The van der Waals surface area contributed by atoms with Gasteiger partial charge in [-0.3, -0.25) is 4.57 Å². The second-order valence-corrected chi connectivity index (χ2v) is 7.16. The van der Waals surface area contributed by atoms with E-state index in [0.29, 0.717) is 5.56 Å². The van der Waals surface area contributed by atoms with Crippen molar-refractivity contribution in [3.05, 3.63) is 34.3 Å². The average molecular weight is 337 g/mol. The van der Waals surface area contributed by atoms with Gasteiger partial charge in [0.25, 0.3) is 0 Å². The van der Waals surface area contributed by atoms with Gasteiger partial charge in [-0.25, -0.2) is 0 Å². The van der Waals surface area contributed by atoms with Crippen molar-refractivity contribution in [3.63, 3.8) is 0 Å². The second kappa shape index (κ2) is 6.31. The summed E-state index contributed by atoms with van der Waals surface area (Å²) < 4.78 is 23.8. The Morgan fingerprint density at radius 3 is 2.33 bits per heavy atom.